The molecular weight excluding hydrogens is 351 g/mol. The number of rotatable bonds is 6. The van der Waals surface area contributed by atoms with Crippen molar-refractivity contribution in [3.63, 3.8) is 0 Å². The molecule has 0 fully saturated rings. The number of halogens is 1. The van der Waals surface area contributed by atoms with Gasteiger partial charge in [-0.05, 0) is 37.6 Å². The molecule has 0 aliphatic rings. The van der Waals surface area contributed by atoms with E-state index in [9.17, 15) is 9.18 Å². The van der Waals surface area contributed by atoms with E-state index in [0.29, 0.717) is 23.1 Å². The molecule has 3 aromatic rings. The second-order valence-electron chi connectivity index (χ2n) is 5.80. The van der Waals surface area contributed by atoms with Gasteiger partial charge >= 0.3 is 0 Å². The highest BCUT2D eigenvalue weighted by Gasteiger charge is 2.21. The van der Waals surface area contributed by atoms with Crippen LogP contribution in [-0.4, -0.2) is 32.3 Å². The molecule has 26 heavy (non-hydrogen) atoms. The highest BCUT2D eigenvalue weighted by atomic mass is 32.1. The van der Waals surface area contributed by atoms with Crippen LogP contribution in [0.2, 0.25) is 0 Å². The molecule has 0 aliphatic carbocycles. The van der Waals surface area contributed by atoms with E-state index in [2.05, 4.69) is 15.0 Å². The van der Waals surface area contributed by atoms with Crippen molar-refractivity contribution < 1.29 is 9.18 Å². The van der Waals surface area contributed by atoms with Crippen LogP contribution < -0.4 is 0 Å². The molecule has 0 saturated heterocycles. The van der Waals surface area contributed by atoms with Gasteiger partial charge in [0.1, 0.15) is 5.82 Å². The Morgan fingerprint density at radius 1 is 1.23 bits per heavy atom. The quantitative estimate of drug-likeness (QED) is 0.660. The minimum Gasteiger partial charge on any atom is -0.336 e. The second-order valence-corrected chi connectivity index (χ2v) is 6.66. The van der Waals surface area contributed by atoms with Gasteiger partial charge in [0.05, 0.1) is 18.2 Å². The molecule has 0 radical (unpaired) electrons. The molecule has 134 valence electrons. The number of benzene rings is 1. The third kappa shape index (κ3) is 4.11. The fraction of sp³-hybridized carbons (Fsp3) is 0.263. The fourth-order valence-corrected chi connectivity index (χ4v) is 3.51. The predicted octanol–water partition coefficient (Wildman–Crippen LogP) is 3.89. The van der Waals surface area contributed by atoms with E-state index in [-0.39, 0.29) is 24.2 Å². The van der Waals surface area contributed by atoms with E-state index in [1.54, 1.807) is 35.5 Å². The van der Waals surface area contributed by atoms with E-state index >= 15 is 0 Å². The largest absolute Gasteiger partial charge is 0.336 e. The Hall–Kier alpha value is -2.67. The van der Waals surface area contributed by atoms with Gasteiger partial charge in [0, 0.05) is 24.3 Å². The number of amides is 1. The Labute approximate surface area is 155 Å². The Balaban J connectivity index is 1.71. The lowest BCUT2D eigenvalue weighted by Gasteiger charge is -2.28. The average Bonchev–Trinajstić information content (AvgIpc) is 3.12. The number of carbonyl (C=O) groups excluding carboxylic acids is 1. The Bertz CT molecular complexity index is 867. The summed E-state index contributed by atoms with van der Waals surface area (Å²) in [6.07, 6.45) is 3.54. The molecule has 0 spiro atoms. The Kier molecular flexibility index (Phi) is 5.68. The van der Waals surface area contributed by atoms with E-state index in [4.69, 9.17) is 0 Å². The summed E-state index contributed by atoms with van der Waals surface area (Å²) in [5.74, 6) is 0.256. The average molecular weight is 370 g/mol. The lowest BCUT2D eigenvalue weighted by atomic mass is 10.1. The van der Waals surface area contributed by atoms with Gasteiger partial charge in [0.15, 0.2) is 10.8 Å². The van der Waals surface area contributed by atoms with Crippen LogP contribution >= 0.6 is 11.3 Å². The molecule has 2 aromatic heterocycles. The summed E-state index contributed by atoms with van der Waals surface area (Å²) in [4.78, 5) is 27.4. The molecule has 7 heteroatoms. The van der Waals surface area contributed by atoms with Crippen LogP contribution in [0.15, 0.2) is 48.1 Å². The molecule has 0 bridgehead atoms. The van der Waals surface area contributed by atoms with Crippen LogP contribution in [0.1, 0.15) is 31.1 Å². The van der Waals surface area contributed by atoms with Crippen molar-refractivity contribution in [3.05, 3.63) is 65.2 Å². The summed E-state index contributed by atoms with van der Waals surface area (Å²) in [6.45, 7) is 4.44. The molecule has 3 rings (SSSR count). The first kappa shape index (κ1) is 18.1. The van der Waals surface area contributed by atoms with Gasteiger partial charge in [-0.15, -0.1) is 11.3 Å². The molecule has 0 N–H and O–H groups in total. The Morgan fingerprint density at radius 2 is 1.92 bits per heavy atom. The van der Waals surface area contributed by atoms with Crippen molar-refractivity contribution in [2.75, 3.05) is 6.54 Å². The molecule has 1 amide bonds. The number of hydrogen-bond acceptors (Lipinski definition) is 5. The number of carbonyl (C=O) groups is 1. The van der Waals surface area contributed by atoms with Crippen molar-refractivity contribution in [1.29, 1.82) is 0 Å². The van der Waals surface area contributed by atoms with Gasteiger partial charge in [-0.3, -0.25) is 4.79 Å². The van der Waals surface area contributed by atoms with Crippen molar-refractivity contribution >= 4 is 17.2 Å². The molecule has 2 heterocycles. The number of likely N-dealkylation sites (N-methyl/N-ethyl adjacent to an activating group) is 1. The number of nitrogens with zero attached hydrogens (tertiary/aromatic N) is 4. The molecule has 1 unspecified atom stereocenters. The SMILES string of the molecule is CCN(C(=O)Cc1csc(-c2ncccn2)n1)C(C)c1ccc(F)cc1. The molecule has 5 nitrogen and oxygen atoms in total. The van der Waals surface area contributed by atoms with Gasteiger partial charge in [-0.1, -0.05) is 12.1 Å². The van der Waals surface area contributed by atoms with Crippen molar-refractivity contribution in [2.24, 2.45) is 0 Å². The molecule has 0 saturated carbocycles. The Morgan fingerprint density at radius 3 is 2.58 bits per heavy atom. The fourth-order valence-electron chi connectivity index (χ4n) is 2.74. The van der Waals surface area contributed by atoms with Crippen molar-refractivity contribution in [2.45, 2.75) is 26.3 Å². The molecule has 0 aliphatic heterocycles. The first-order valence-electron chi connectivity index (χ1n) is 8.35. The topological polar surface area (TPSA) is 59.0 Å². The van der Waals surface area contributed by atoms with Crippen LogP contribution in [0.3, 0.4) is 0 Å². The minimum absolute atomic E-state index is 0.0184. The maximum Gasteiger partial charge on any atom is 0.229 e. The van der Waals surface area contributed by atoms with Gasteiger partial charge in [-0.25, -0.2) is 19.3 Å². The van der Waals surface area contributed by atoms with Gasteiger partial charge in [0.2, 0.25) is 5.91 Å². The lowest BCUT2D eigenvalue weighted by molar-refractivity contribution is -0.132. The van der Waals surface area contributed by atoms with Gasteiger partial charge in [0.25, 0.3) is 0 Å². The first-order valence-corrected chi connectivity index (χ1v) is 9.23. The normalized spacial score (nSPS) is 12.0. The smallest absolute Gasteiger partial charge is 0.229 e. The van der Waals surface area contributed by atoms with Crippen LogP contribution in [0, 0.1) is 5.82 Å². The summed E-state index contributed by atoms with van der Waals surface area (Å²) >= 11 is 1.42. The zero-order chi connectivity index (χ0) is 18.5. The highest BCUT2D eigenvalue weighted by Crippen LogP contribution is 2.23. The van der Waals surface area contributed by atoms with Crippen LogP contribution in [0.25, 0.3) is 10.8 Å². The van der Waals surface area contributed by atoms with Crippen molar-refractivity contribution in [3.8, 4) is 10.8 Å². The lowest BCUT2D eigenvalue weighted by Crippen LogP contribution is -2.34. The summed E-state index contributed by atoms with van der Waals surface area (Å²) in [5, 5.41) is 2.56. The first-order chi connectivity index (χ1) is 12.6. The maximum absolute atomic E-state index is 13.1. The van der Waals surface area contributed by atoms with E-state index < -0.39 is 0 Å². The third-order valence-electron chi connectivity index (χ3n) is 4.12. The summed E-state index contributed by atoms with van der Waals surface area (Å²) in [5.41, 5.74) is 1.60. The molecule has 1 aromatic carbocycles. The minimum atomic E-state index is -0.284. The van der Waals surface area contributed by atoms with Crippen LogP contribution in [0.4, 0.5) is 4.39 Å². The van der Waals surface area contributed by atoms with E-state index in [1.165, 1.54) is 23.5 Å². The summed E-state index contributed by atoms with van der Waals surface area (Å²) in [7, 11) is 0. The summed E-state index contributed by atoms with van der Waals surface area (Å²) in [6, 6.07) is 7.86. The van der Waals surface area contributed by atoms with E-state index in [0.717, 1.165) is 5.56 Å². The van der Waals surface area contributed by atoms with Crippen LogP contribution in [0.5, 0.6) is 0 Å². The van der Waals surface area contributed by atoms with Crippen molar-refractivity contribution in [1.82, 2.24) is 19.9 Å². The standard InChI is InChI=1S/C19H19FN4OS/c1-3-24(13(2)14-5-7-15(20)8-6-14)17(25)11-16-12-26-19(23-16)18-21-9-4-10-22-18/h4-10,12-13H,3,11H2,1-2H3. The third-order valence-corrected chi connectivity index (χ3v) is 5.01. The molecule has 1 atom stereocenters. The predicted molar refractivity (Wildman–Crippen MR) is 99.0 cm³/mol. The summed E-state index contributed by atoms with van der Waals surface area (Å²) < 4.78 is 13.1. The monoisotopic (exact) mass is 370 g/mol. The van der Waals surface area contributed by atoms with Crippen LogP contribution in [-0.2, 0) is 11.2 Å². The highest BCUT2D eigenvalue weighted by molar-refractivity contribution is 7.13. The number of thiazole rings is 1. The molecular formula is C19H19FN4OS. The van der Waals surface area contributed by atoms with E-state index in [1.807, 2.05) is 19.2 Å². The van der Waals surface area contributed by atoms with Gasteiger partial charge < -0.3 is 4.90 Å². The number of aromatic nitrogens is 3. The number of hydrogen-bond donors (Lipinski definition) is 0. The maximum atomic E-state index is 13.1. The second kappa shape index (κ2) is 8.14. The zero-order valence-electron chi connectivity index (χ0n) is 14.6. The van der Waals surface area contributed by atoms with Gasteiger partial charge in [-0.2, -0.15) is 0 Å². The zero-order valence-corrected chi connectivity index (χ0v) is 15.4.